The van der Waals surface area contributed by atoms with Crippen molar-refractivity contribution < 1.29 is 20.8 Å². The van der Waals surface area contributed by atoms with E-state index >= 15 is 0 Å². The molecule has 1 heterocycles. The molecule has 2 radical (unpaired) electrons. The van der Waals surface area contributed by atoms with Crippen molar-refractivity contribution in [3.05, 3.63) is 179 Å². The van der Waals surface area contributed by atoms with E-state index < -0.39 is 20.8 Å². The Morgan fingerprint density at radius 3 is 1.32 bits per heavy atom. The number of hydrogen-bond donors (Lipinski definition) is 0. The standard InChI is InChI=1S/2C26H33.C12H7Si.2ClH.Zr/c2*1-17(2)14-19-15-20-12-13-24(26(5,6)7)25(23(20)16-19)22-11-9-8-10-21(22)18(3)4;1-3-7-11-9(5-1)10-6-2-4-8-12(10)13-11;;;/h2*8-13,15-18H,14H2,1-7H3;1-7H;2*1H;/q3*-1;;;+2/p-2. The topological polar surface area (TPSA) is 0 Å². The van der Waals surface area contributed by atoms with Crippen LogP contribution in [-0.4, -0.2) is 9.52 Å². The SMILES string of the molecule is CC(C)Cc1cc2c(-c3ccccc3C(C)C)c(C(C)(C)C)ccc2[cH-]1.CC(C)Cc1cc2c(-c3ccccc3C(C)C)c(C(C)(C)C)ccc2[cH-]1.[Cl][Zr][Cl].[c-]1cccc2c1[Si]c1ccccc1-2. The first-order chi connectivity index (χ1) is 32.2. The van der Waals surface area contributed by atoms with Crippen LogP contribution in [0.3, 0.4) is 0 Å². The van der Waals surface area contributed by atoms with Crippen LogP contribution in [0, 0.1) is 17.9 Å². The summed E-state index contributed by atoms with van der Waals surface area (Å²) in [6, 6.07) is 55.1. The molecule has 68 heavy (non-hydrogen) atoms. The smallest absolute Gasteiger partial charge is 0.0920 e. The third-order valence-corrected chi connectivity index (χ3v) is 14.2. The molecular weight excluding hydrogens is 959 g/mol. The molecule has 0 bridgehead atoms. The number of halogens is 2. The van der Waals surface area contributed by atoms with E-state index in [-0.39, 0.29) is 10.8 Å². The molecule has 354 valence electrons. The van der Waals surface area contributed by atoms with Crippen molar-refractivity contribution in [1.29, 1.82) is 0 Å². The fourth-order valence-corrected chi connectivity index (χ4v) is 11.2. The van der Waals surface area contributed by atoms with Gasteiger partial charge in [-0.2, -0.15) is 41.6 Å². The molecule has 1 aliphatic rings. The van der Waals surface area contributed by atoms with Crippen LogP contribution in [-0.2, 0) is 44.5 Å². The molecule has 4 heteroatoms. The van der Waals surface area contributed by atoms with Crippen LogP contribution in [0.25, 0.3) is 54.9 Å². The molecule has 0 saturated carbocycles. The van der Waals surface area contributed by atoms with Crippen LogP contribution >= 0.6 is 17.0 Å². The Hall–Kier alpha value is -3.78. The Kier molecular flexibility index (Phi) is 18.5. The second-order valence-corrected chi connectivity index (χ2v) is 27.1. The summed E-state index contributed by atoms with van der Waals surface area (Å²) < 4.78 is 0. The maximum absolute atomic E-state index is 4.93. The quantitative estimate of drug-likeness (QED) is 0.105. The summed E-state index contributed by atoms with van der Waals surface area (Å²) in [5.74, 6) is 2.39. The van der Waals surface area contributed by atoms with E-state index in [0.29, 0.717) is 23.7 Å². The monoisotopic (exact) mass is 1030 g/mol. The summed E-state index contributed by atoms with van der Waals surface area (Å²) >= 11 is -0.826. The maximum atomic E-state index is 4.93. The average Bonchev–Trinajstić information content (AvgIpc) is 4.00. The third kappa shape index (κ3) is 12.9. The van der Waals surface area contributed by atoms with Gasteiger partial charge in [0.1, 0.15) is 0 Å². The summed E-state index contributed by atoms with van der Waals surface area (Å²) in [5, 5.41) is 8.41. The van der Waals surface area contributed by atoms with Crippen LogP contribution in [0.15, 0.2) is 140 Å². The van der Waals surface area contributed by atoms with Gasteiger partial charge in [0.05, 0.1) is 9.52 Å². The fourth-order valence-electron chi connectivity index (χ4n) is 9.88. The molecule has 0 spiro atoms. The summed E-state index contributed by atoms with van der Waals surface area (Å²) in [7, 11) is 10.7. The molecule has 8 aromatic carbocycles. The van der Waals surface area contributed by atoms with E-state index in [0.717, 1.165) is 22.4 Å². The first-order valence-electron chi connectivity index (χ1n) is 24.7. The average molecular weight is 1030 g/mol. The second-order valence-electron chi connectivity index (χ2n) is 22.1. The summed E-state index contributed by atoms with van der Waals surface area (Å²) in [6.45, 7) is 32.3. The van der Waals surface area contributed by atoms with Crippen LogP contribution in [0.4, 0.5) is 0 Å². The minimum Gasteiger partial charge on any atom is -0.184 e. The molecular formula is C64H73Cl2SiZr-3. The van der Waals surface area contributed by atoms with Crippen molar-refractivity contribution >= 4 is 58.5 Å². The third-order valence-electron chi connectivity index (χ3n) is 12.8. The largest absolute Gasteiger partial charge is 0.184 e. The van der Waals surface area contributed by atoms with Crippen LogP contribution in [0.1, 0.15) is 142 Å². The van der Waals surface area contributed by atoms with Gasteiger partial charge in [-0.3, -0.25) is 0 Å². The Morgan fingerprint density at radius 1 is 0.515 bits per heavy atom. The van der Waals surface area contributed by atoms with Crippen LogP contribution in [0.5, 0.6) is 0 Å². The van der Waals surface area contributed by atoms with Crippen LogP contribution in [0.2, 0.25) is 0 Å². The van der Waals surface area contributed by atoms with Crippen molar-refractivity contribution in [3.8, 4) is 33.4 Å². The molecule has 0 aromatic heterocycles. The zero-order valence-corrected chi connectivity index (χ0v) is 48.2. The molecule has 0 saturated heterocycles. The van der Waals surface area contributed by atoms with E-state index in [4.69, 9.17) is 17.0 Å². The zero-order valence-electron chi connectivity index (χ0n) is 43.3. The molecule has 0 N–H and O–H groups in total. The molecule has 8 aromatic rings. The van der Waals surface area contributed by atoms with Gasteiger partial charge in [0, 0.05) is 0 Å². The Bertz CT molecular complexity index is 2710. The van der Waals surface area contributed by atoms with Gasteiger partial charge >= 0.3 is 37.9 Å². The normalized spacial score (nSPS) is 12.1. The van der Waals surface area contributed by atoms with Gasteiger partial charge in [-0.25, -0.2) is 0 Å². The van der Waals surface area contributed by atoms with Gasteiger partial charge in [-0.15, -0.1) is 74.6 Å². The first-order valence-corrected chi connectivity index (χ1v) is 32.0. The molecule has 0 aliphatic carbocycles. The summed E-state index contributed by atoms with van der Waals surface area (Å²) in [4.78, 5) is 0. The molecule has 9 rings (SSSR count). The minimum absolute atomic E-state index is 0.114. The van der Waals surface area contributed by atoms with Gasteiger partial charge < -0.3 is 0 Å². The van der Waals surface area contributed by atoms with E-state index in [1.54, 1.807) is 0 Å². The predicted octanol–water partition coefficient (Wildman–Crippen LogP) is 18.2. The Morgan fingerprint density at radius 2 is 0.912 bits per heavy atom. The van der Waals surface area contributed by atoms with E-state index in [2.05, 4.69) is 236 Å². The van der Waals surface area contributed by atoms with Crippen molar-refractivity contribution in [2.24, 2.45) is 11.8 Å². The number of benzene rings is 6. The molecule has 0 atom stereocenters. The van der Waals surface area contributed by atoms with E-state index in [1.165, 1.54) is 98.7 Å². The van der Waals surface area contributed by atoms with Crippen molar-refractivity contribution in [1.82, 2.24) is 0 Å². The molecule has 0 nitrogen and oxygen atoms in total. The Labute approximate surface area is 432 Å². The van der Waals surface area contributed by atoms with Crippen molar-refractivity contribution in [3.63, 3.8) is 0 Å². The molecule has 0 fully saturated rings. The number of hydrogen-bond acceptors (Lipinski definition) is 0. The second kappa shape index (κ2) is 23.4. The predicted molar refractivity (Wildman–Crippen MR) is 300 cm³/mol. The maximum Gasteiger partial charge on any atom is 0.0920 e. The van der Waals surface area contributed by atoms with Gasteiger partial charge in [0.2, 0.25) is 0 Å². The van der Waals surface area contributed by atoms with E-state index in [1.807, 2.05) is 6.07 Å². The molecule has 0 amide bonds. The van der Waals surface area contributed by atoms with Gasteiger partial charge in [-0.05, 0) is 69.6 Å². The van der Waals surface area contributed by atoms with E-state index in [9.17, 15) is 0 Å². The van der Waals surface area contributed by atoms with Crippen molar-refractivity contribution in [2.45, 2.75) is 132 Å². The van der Waals surface area contributed by atoms with Crippen LogP contribution < -0.4 is 10.4 Å². The number of fused-ring (bicyclic) bond motifs is 5. The van der Waals surface area contributed by atoms with Gasteiger partial charge in [-0.1, -0.05) is 203 Å². The summed E-state index contributed by atoms with van der Waals surface area (Å²) in [6.07, 6.45) is 2.29. The summed E-state index contributed by atoms with van der Waals surface area (Å²) in [5.41, 5.74) is 17.4. The minimum atomic E-state index is -0.826. The van der Waals surface area contributed by atoms with Crippen molar-refractivity contribution in [2.75, 3.05) is 0 Å². The van der Waals surface area contributed by atoms with Gasteiger partial charge in [0.25, 0.3) is 0 Å². The fraction of sp³-hybridized carbons (Fsp3) is 0.344. The first kappa shape index (κ1) is 53.6. The zero-order chi connectivity index (χ0) is 49.5. The number of rotatable bonds is 8. The molecule has 1 aliphatic heterocycles. The Balaban J connectivity index is 0.000000171. The van der Waals surface area contributed by atoms with Gasteiger partial charge in [0.15, 0.2) is 0 Å². The molecule has 0 unspecified atom stereocenters.